The molecule has 0 saturated heterocycles. The molecule has 0 heterocycles. The van der Waals surface area contributed by atoms with Crippen molar-refractivity contribution in [2.75, 3.05) is 19.8 Å². The van der Waals surface area contributed by atoms with Crippen LogP contribution in [0.2, 0.25) is 5.02 Å². The van der Waals surface area contributed by atoms with Crippen molar-refractivity contribution < 1.29 is 23.3 Å². The van der Waals surface area contributed by atoms with Gasteiger partial charge in [-0.25, -0.2) is 0 Å². The van der Waals surface area contributed by atoms with Crippen LogP contribution in [0.4, 0.5) is 4.39 Å². The molecule has 0 aromatic heterocycles. The normalized spacial score (nSPS) is 11.5. The van der Waals surface area contributed by atoms with Crippen LogP contribution >= 0.6 is 23.2 Å². The summed E-state index contributed by atoms with van der Waals surface area (Å²) in [5.74, 6) is 2.78. The Morgan fingerprint density at radius 2 is 1.60 bits per heavy atom. The number of aryl methyl sites for hydroxylation is 1. The summed E-state index contributed by atoms with van der Waals surface area (Å²) in [5.41, 5.74) is 0.841. The molecule has 4 nitrogen and oxygen atoms in total. The first kappa shape index (κ1) is 24.2. The number of hydrogen-bond acceptors (Lipinski definition) is 4. The molecule has 0 amide bonds. The molecule has 0 aliphatic rings. The van der Waals surface area contributed by atoms with E-state index in [0.717, 1.165) is 36.0 Å². The lowest BCUT2D eigenvalue weighted by atomic mass is 10.2. The standard InChI is InChI=1S/C23H27Cl2FO4/c1-16(2)30-19-8-6-18(7-9-19)27-11-4-5-12-29-23-17(3)14-20(15-21(23)24)28-13-10-22(25)26/h6-10,14-16H,4-5,11-13H2,1-3H3/b22-10+. The highest BCUT2D eigenvalue weighted by atomic mass is 35.5. The molecule has 0 saturated carbocycles. The Kier molecular flexibility index (Phi) is 10.1. The van der Waals surface area contributed by atoms with Crippen LogP contribution in [0.15, 0.2) is 47.8 Å². The lowest BCUT2D eigenvalue weighted by molar-refractivity contribution is 0.241. The Morgan fingerprint density at radius 1 is 0.967 bits per heavy atom. The third kappa shape index (κ3) is 8.72. The van der Waals surface area contributed by atoms with Gasteiger partial charge in [-0.05, 0) is 69.5 Å². The molecule has 0 radical (unpaired) electrons. The summed E-state index contributed by atoms with van der Waals surface area (Å²) in [6.45, 7) is 7.00. The fourth-order valence-electron chi connectivity index (χ4n) is 2.62. The molecule has 0 aliphatic heterocycles. The predicted octanol–water partition coefficient (Wildman–Crippen LogP) is 7.10. The lowest BCUT2D eigenvalue weighted by Crippen LogP contribution is -2.05. The van der Waals surface area contributed by atoms with E-state index >= 15 is 0 Å². The first-order valence-electron chi connectivity index (χ1n) is 9.81. The van der Waals surface area contributed by atoms with Gasteiger partial charge in [-0.3, -0.25) is 0 Å². The number of rotatable bonds is 12. The number of unbranched alkanes of at least 4 members (excludes halogenated alkanes) is 1. The minimum Gasteiger partial charge on any atom is -0.494 e. The molecule has 0 unspecified atom stereocenters. The minimum absolute atomic E-state index is 0.0266. The number of hydrogen-bond donors (Lipinski definition) is 0. The molecule has 0 atom stereocenters. The molecular weight excluding hydrogens is 430 g/mol. The smallest absolute Gasteiger partial charge is 0.188 e. The van der Waals surface area contributed by atoms with Crippen molar-refractivity contribution in [2.45, 2.75) is 39.7 Å². The van der Waals surface area contributed by atoms with Gasteiger partial charge in [0.05, 0.1) is 24.3 Å². The van der Waals surface area contributed by atoms with Crippen molar-refractivity contribution in [3.8, 4) is 23.0 Å². The second kappa shape index (κ2) is 12.6. The molecule has 164 valence electrons. The van der Waals surface area contributed by atoms with Gasteiger partial charge < -0.3 is 18.9 Å². The lowest BCUT2D eigenvalue weighted by Gasteiger charge is -2.13. The molecule has 2 aromatic carbocycles. The highest BCUT2D eigenvalue weighted by molar-refractivity contribution is 6.32. The van der Waals surface area contributed by atoms with Crippen molar-refractivity contribution in [3.05, 3.63) is 58.3 Å². The SMILES string of the molecule is Cc1cc(OC/C=C(/F)Cl)cc(Cl)c1OCCCCOc1ccc(OC(C)C)cc1. The predicted molar refractivity (Wildman–Crippen MR) is 119 cm³/mol. The zero-order chi connectivity index (χ0) is 21.9. The average Bonchev–Trinajstić information content (AvgIpc) is 2.67. The van der Waals surface area contributed by atoms with E-state index in [4.69, 9.17) is 42.1 Å². The van der Waals surface area contributed by atoms with E-state index in [9.17, 15) is 4.39 Å². The molecule has 30 heavy (non-hydrogen) atoms. The van der Waals surface area contributed by atoms with Crippen LogP contribution in [0.25, 0.3) is 0 Å². The molecular formula is C23H27Cl2FO4. The second-order valence-electron chi connectivity index (χ2n) is 6.90. The van der Waals surface area contributed by atoms with E-state index in [-0.39, 0.29) is 12.7 Å². The monoisotopic (exact) mass is 456 g/mol. The summed E-state index contributed by atoms with van der Waals surface area (Å²) < 4.78 is 35.1. The van der Waals surface area contributed by atoms with E-state index in [0.29, 0.717) is 29.7 Å². The van der Waals surface area contributed by atoms with Crippen LogP contribution in [0.3, 0.4) is 0 Å². The van der Waals surface area contributed by atoms with Gasteiger partial charge >= 0.3 is 0 Å². The van der Waals surface area contributed by atoms with Crippen molar-refractivity contribution >= 4 is 23.2 Å². The van der Waals surface area contributed by atoms with Crippen LogP contribution in [0, 0.1) is 6.92 Å². The third-order valence-electron chi connectivity index (χ3n) is 3.94. The Balaban J connectivity index is 1.70. The zero-order valence-electron chi connectivity index (χ0n) is 17.4. The maximum Gasteiger partial charge on any atom is 0.188 e. The van der Waals surface area contributed by atoms with Gasteiger partial charge in [0, 0.05) is 12.1 Å². The van der Waals surface area contributed by atoms with Gasteiger partial charge in [-0.1, -0.05) is 23.2 Å². The Hall–Kier alpha value is -2.11. The quantitative estimate of drug-likeness (QED) is 0.319. The molecule has 2 rings (SSSR count). The second-order valence-corrected chi connectivity index (χ2v) is 7.67. The summed E-state index contributed by atoms with van der Waals surface area (Å²) in [4.78, 5) is 0. The van der Waals surface area contributed by atoms with Crippen LogP contribution in [-0.2, 0) is 0 Å². The van der Waals surface area contributed by atoms with Crippen molar-refractivity contribution in [1.82, 2.24) is 0 Å². The highest BCUT2D eigenvalue weighted by Gasteiger charge is 2.09. The minimum atomic E-state index is -0.807. The van der Waals surface area contributed by atoms with Crippen LogP contribution in [0.5, 0.6) is 23.0 Å². The summed E-state index contributed by atoms with van der Waals surface area (Å²) in [6.07, 6.45) is 2.95. The molecule has 2 aromatic rings. The van der Waals surface area contributed by atoms with Crippen molar-refractivity contribution in [3.63, 3.8) is 0 Å². The Bertz CT molecular complexity index is 795. The summed E-state index contributed by atoms with van der Waals surface area (Å²) in [7, 11) is 0. The molecule has 0 fully saturated rings. The average molecular weight is 457 g/mol. The first-order valence-corrected chi connectivity index (χ1v) is 10.6. The number of benzene rings is 2. The number of halogens is 3. The maximum atomic E-state index is 12.5. The van der Waals surface area contributed by atoms with Crippen LogP contribution in [-0.4, -0.2) is 25.9 Å². The van der Waals surface area contributed by atoms with Crippen LogP contribution in [0.1, 0.15) is 32.3 Å². The van der Waals surface area contributed by atoms with Crippen molar-refractivity contribution in [2.24, 2.45) is 0 Å². The molecule has 0 bridgehead atoms. The van der Waals surface area contributed by atoms with E-state index in [1.807, 2.05) is 45.0 Å². The van der Waals surface area contributed by atoms with Crippen molar-refractivity contribution in [1.29, 1.82) is 0 Å². The summed E-state index contributed by atoms with van der Waals surface area (Å²) in [6, 6.07) is 11.0. The number of ether oxygens (including phenoxy) is 4. The van der Waals surface area contributed by atoms with E-state index < -0.39 is 5.29 Å². The molecule has 0 spiro atoms. The Morgan fingerprint density at radius 3 is 2.20 bits per heavy atom. The fraction of sp³-hybridized carbons (Fsp3) is 0.391. The van der Waals surface area contributed by atoms with Gasteiger partial charge in [0.25, 0.3) is 0 Å². The van der Waals surface area contributed by atoms with Gasteiger partial charge in [-0.2, -0.15) is 4.39 Å². The Labute approximate surface area is 187 Å². The zero-order valence-corrected chi connectivity index (χ0v) is 18.9. The molecule has 0 N–H and O–H groups in total. The largest absolute Gasteiger partial charge is 0.494 e. The summed E-state index contributed by atoms with van der Waals surface area (Å²) in [5, 5.41) is -0.362. The topological polar surface area (TPSA) is 36.9 Å². The van der Waals surface area contributed by atoms with E-state index in [1.165, 1.54) is 0 Å². The first-order chi connectivity index (χ1) is 14.3. The van der Waals surface area contributed by atoms with Gasteiger partial charge in [0.15, 0.2) is 5.29 Å². The van der Waals surface area contributed by atoms with E-state index in [1.54, 1.807) is 12.1 Å². The summed E-state index contributed by atoms with van der Waals surface area (Å²) >= 11 is 11.4. The van der Waals surface area contributed by atoms with Gasteiger partial charge in [0.2, 0.25) is 0 Å². The highest BCUT2D eigenvalue weighted by Crippen LogP contribution is 2.33. The maximum absolute atomic E-state index is 12.5. The molecule has 0 aliphatic carbocycles. The van der Waals surface area contributed by atoms with Crippen LogP contribution < -0.4 is 18.9 Å². The van der Waals surface area contributed by atoms with Gasteiger partial charge in [0.1, 0.15) is 29.6 Å². The van der Waals surface area contributed by atoms with Gasteiger partial charge in [-0.15, -0.1) is 0 Å². The molecule has 7 heteroatoms. The third-order valence-corrected chi connectivity index (χ3v) is 4.37. The fourth-order valence-corrected chi connectivity index (χ4v) is 3.00. The van der Waals surface area contributed by atoms with E-state index in [2.05, 4.69) is 0 Å².